The molecular formula is C23H23F2N5O2. The number of aryl methyl sites for hydroxylation is 1. The van der Waals surface area contributed by atoms with E-state index in [0.717, 1.165) is 22.6 Å². The van der Waals surface area contributed by atoms with Crippen LogP contribution in [0.25, 0.3) is 11.4 Å². The second-order valence-corrected chi connectivity index (χ2v) is 7.48. The Labute approximate surface area is 184 Å². The van der Waals surface area contributed by atoms with Crippen molar-refractivity contribution in [1.82, 2.24) is 19.9 Å². The highest BCUT2D eigenvalue weighted by molar-refractivity contribution is 5.97. The van der Waals surface area contributed by atoms with E-state index in [1.807, 2.05) is 26.0 Å². The smallest absolute Gasteiger partial charge is 0.387 e. The minimum Gasteiger partial charge on any atom is -0.434 e. The minimum absolute atomic E-state index is 0.113. The lowest BCUT2D eigenvalue weighted by Crippen LogP contribution is -2.49. The van der Waals surface area contributed by atoms with Gasteiger partial charge in [-0.1, -0.05) is 12.1 Å². The molecule has 1 amide bonds. The molecule has 0 radical (unpaired) electrons. The number of nitrogens with zero attached hydrogens (tertiary/aromatic N) is 5. The number of hydrogen-bond acceptors (Lipinski definition) is 6. The molecule has 3 aromatic rings. The topological polar surface area (TPSA) is 71.5 Å². The number of rotatable bonds is 5. The Morgan fingerprint density at radius 3 is 2.47 bits per heavy atom. The number of aromatic nitrogens is 3. The summed E-state index contributed by atoms with van der Waals surface area (Å²) in [4.78, 5) is 30.2. The first-order valence-corrected chi connectivity index (χ1v) is 10.3. The summed E-state index contributed by atoms with van der Waals surface area (Å²) in [5, 5.41) is 0. The van der Waals surface area contributed by atoms with E-state index in [1.165, 1.54) is 12.1 Å². The fourth-order valence-corrected chi connectivity index (χ4v) is 3.68. The molecule has 1 aliphatic heterocycles. The van der Waals surface area contributed by atoms with E-state index < -0.39 is 6.61 Å². The van der Waals surface area contributed by atoms with E-state index in [1.54, 1.807) is 29.4 Å². The number of para-hydroxylation sites is 1. The normalized spacial score (nSPS) is 14.0. The largest absolute Gasteiger partial charge is 0.434 e. The summed E-state index contributed by atoms with van der Waals surface area (Å²) in [6.45, 7) is 2.94. The number of benzene rings is 1. The van der Waals surface area contributed by atoms with Crippen LogP contribution in [-0.4, -0.2) is 58.5 Å². The Kier molecular flexibility index (Phi) is 6.25. The molecule has 0 aliphatic carbocycles. The zero-order valence-electron chi connectivity index (χ0n) is 17.8. The number of ether oxygens (including phenoxy) is 1. The van der Waals surface area contributed by atoms with E-state index >= 15 is 0 Å². The molecule has 0 unspecified atom stereocenters. The molecule has 9 heteroatoms. The molecule has 4 rings (SSSR count). The number of alkyl halides is 2. The van der Waals surface area contributed by atoms with E-state index in [4.69, 9.17) is 4.98 Å². The van der Waals surface area contributed by atoms with E-state index in [2.05, 4.69) is 19.6 Å². The van der Waals surface area contributed by atoms with Crippen LogP contribution >= 0.6 is 0 Å². The standard InChI is InChI=1S/C23H23F2N5O2/c1-15-16(2)27-20(17-6-5-9-26-14-17)28-21(15)29-10-12-30(13-11-29)22(31)18-7-3-4-8-19(18)32-23(24)25/h3-9,14,23H,10-13H2,1-2H3. The van der Waals surface area contributed by atoms with Crippen molar-refractivity contribution in [2.24, 2.45) is 0 Å². The van der Waals surface area contributed by atoms with Crippen molar-refractivity contribution >= 4 is 11.7 Å². The summed E-state index contributed by atoms with van der Waals surface area (Å²) in [6, 6.07) is 9.83. The summed E-state index contributed by atoms with van der Waals surface area (Å²) in [5.41, 5.74) is 2.83. The van der Waals surface area contributed by atoms with E-state index in [-0.39, 0.29) is 17.2 Å². The lowest BCUT2D eigenvalue weighted by Gasteiger charge is -2.36. The van der Waals surface area contributed by atoms with Crippen molar-refractivity contribution in [2.75, 3.05) is 31.1 Å². The van der Waals surface area contributed by atoms with Crippen LogP contribution in [0.2, 0.25) is 0 Å². The van der Waals surface area contributed by atoms with Gasteiger partial charge in [-0.3, -0.25) is 9.78 Å². The second-order valence-electron chi connectivity index (χ2n) is 7.48. The number of halogens is 2. The predicted molar refractivity (Wildman–Crippen MR) is 116 cm³/mol. The van der Waals surface area contributed by atoms with Gasteiger partial charge in [0.2, 0.25) is 0 Å². The first-order chi connectivity index (χ1) is 15.4. The molecular weight excluding hydrogens is 416 g/mol. The third-order valence-electron chi connectivity index (χ3n) is 5.48. The number of pyridine rings is 1. The monoisotopic (exact) mass is 439 g/mol. The van der Waals surface area contributed by atoms with Crippen LogP contribution in [0.5, 0.6) is 5.75 Å². The highest BCUT2D eigenvalue weighted by atomic mass is 19.3. The second kappa shape index (κ2) is 9.25. The molecule has 2 aromatic heterocycles. The van der Waals surface area contributed by atoms with Gasteiger partial charge in [-0.15, -0.1) is 0 Å². The molecule has 7 nitrogen and oxygen atoms in total. The molecule has 1 fully saturated rings. The lowest BCUT2D eigenvalue weighted by atomic mass is 10.1. The molecule has 1 aliphatic rings. The van der Waals surface area contributed by atoms with Crippen molar-refractivity contribution < 1.29 is 18.3 Å². The van der Waals surface area contributed by atoms with Crippen molar-refractivity contribution in [3.63, 3.8) is 0 Å². The molecule has 1 aromatic carbocycles. The molecule has 0 N–H and O–H groups in total. The average Bonchev–Trinajstić information content (AvgIpc) is 2.81. The van der Waals surface area contributed by atoms with Crippen LogP contribution in [0.15, 0.2) is 48.8 Å². The van der Waals surface area contributed by atoms with Crippen LogP contribution in [0, 0.1) is 13.8 Å². The number of hydrogen-bond donors (Lipinski definition) is 0. The number of carbonyl (C=O) groups excluding carboxylic acids is 1. The van der Waals surface area contributed by atoms with Gasteiger partial charge < -0.3 is 14.5 Å². The molecule has 0 bridgehead atoms. The molecule has 1 saturated heterocycles. The third-order valence-corrected chi connectivity index (χ3v) is 5.48. The van der Waals surface area contributed by atoms with Crippen molar-refractivity contribution in [1.29, 1.82) is 0 Å². The number of piperazine rings is 1. The van der Waals surface area contributed by atoms with Crippen molar-refractivity contribution in [3.05, 3.63) is 65.6 Å². The summed E-state index contributed by atoms with van der Waals surface area (Å²) in [6.07, 6.45) is 3.43. The quantitative estimate of drug-likeness (QED) is 0.604. The van der Waals surface area contributed by atoms with Crippen molar-refractivity contribution in [3.8, 4) is 17.1 Å². The van der Waals surface area contributed by atoms with Crippen LogP contribution in [0.3, 0.4) is 0 Å². The number of anilines is 1. The fraction of sp³-hybridized carbons (Fsp3) is 0.304. The molecule has 166 valence electrons. The highest BCUT2D eigenvalue weighted by Crippen LogP contribution is 2.26. The lowest BCUT2D eigenvalue weighted by molar-refractivity contribution is -0.0502. The van der Waals surface area contributed by atoms with Crippen LogP contribution < -0.4 is 9.64 Å². The van der Waals surface area contributed by atoms with Crippen LogP contribution in [0.1, 0.15) is 21.6 Å². The summed E-state index contributed by atoms with van der Waals surface area (Å²) in [7, 11) is 0. The summed E-state index contributed by atoms with van der Waals surface area (Å²) < 4.78 is 29.9. The van der Waals surface area contributed by atoms with Gasteiger partial charge in [0.1, 0.15) is 11.6 Å². The van der Waals surface area contributed by atoms with Crippen molar-refractivity contribution in [2.45, 2.75) is 20.5 Å². The van der Waals surface area contributed by atoms with Gasteiger partial charge in [-0.2, -0.15) is 8.78 Å². The van der Waals surface area contributed by atoms with Gasteiger partial charge in [-0.25, -0.2) is 9.97 Å². The Hall–Kier alpha value is -3.62. The molecule has 0 saturated carbocycles. The summed E-state index contributed by atoms with van der Waals surface area (Å²) in [5.74, 6) is 0.989. The highest BCUT2D eigenvalue weighted by Gasteiger charge is 2.27. The first kappa shape index (κ1) is 21.6. The molecule has 32 heavy (non-hydrogen) atoms. The number of amides is 1. The Bertz CT molecular complexity index is 1100. The zero-order chi connectivity index (χ0) is 22.7. The predicted octanol–water partition coefficient (Wildman–Crippen LogP) is 3.72. The zero-order valence-corrected chi connectivity index (χ0v) is 17.8. The van der Waals surface area contributed by atoms with E-state index in [9.17, 15) is 13.6 Å². The van der Waals surface area contributed by atoms with Gasteiger partial charge in [0.25, 0.3) is 5.91 Å². The summed E-state index contributed by atoms with van der Waals surface area (Å²) >= 11 is 0. The molecule has 3 heterocycles. The third kappa shape index (κ3) is 4.51. The Morgan fingerprint density at radius 2 is 1.78 bits per heavy atom. The van der Waals surface area contributed by atoms with Gasteiger partial charge in [-0.05, 0) is 38.1 Å². The maximum atomic E-state index is 13.0. The van der Waals surface area contributed by atoms with Crippen LogP contribution in [-0.2, 0) is 0 Å². The average molecular weight is 439 g/mol. The van der Waals surface area contributed by atoms with Gasteiger partial charge >= 0.3 is 6.61 Å². The van der Waals surface area contributed by atoms with Gasteiger partial charge in [0, 0.05) is 55.4 Å². The maximum Gasteiger partial charge on any atom is 0.387 e. The number of carbonyl (C=O) groups is 1. The first-order valence-electron chi connectivity index (χ1n) is 10.3. The van der Waals surface area contributed by atoms with Gasteiger partial charge in [0.05, 0.1) is 5.56 Å². The minimum atomic E-state index is -2.99. The maximum absolute atomic E-state index is 13.0. The van der Waals surface area contributed by atoms with Gasteiger partial charge in [0.15, 0.2) is 5.82 Å². The fourth-order valence-electron chi connectivity index (χ4n) is 3.68. The van der Waals surface area contributed by atoms with E-state index in [0.29, 0.717) is 32.0 Å². The molecule has 0 spiro atoms. The SMILES string of the molecule is Cc1nc(-c2cccnc2)nc(N2CCN(C(=O)c3ccccc3OC(F)F)CC2)c1C. The Morgan fingerprint density at radius 1 is 1.03 bits per heavy atom. The van der Waals surface area contributed by atoms with Crippen LogP contribution in [0.4, 0.5) is 14.6 Å². The Balaban J connectivity index is 1.51. The molecule has 0 atom stereocenters.